The molecule has 0 bridgehead atoms. The number of carbonyl (C=O) groups excluding carboxylic acids is 2. The highest BCUT2D eigenvalue weighted by atomic mass is 35.5. The zero-order chi connectivity index (χ0) is 19.1. The van der Waals surface area contributed by atoms with Gasteiger partial charge < -0.3 is 19.5 Å². The maximum Gasteiger partial charge on any atom is 0.311 e. The molecule has 0 saturated carbocycles. The van der Waals surface area contributed by atoms with Gasteiger partial charge >= 0.3 is 5.97 Å². The molecule has 1 amide bonds. The van der Waals surface area contributed by atoms with Crippen LogP contribution in [0.15, 0.2) is 42.5 Å². The first-order valence-electron chi connectivity index (χ1n) is 7.90. The minimum atomic E-state index is -0.960. The number of hydrogen-bond donors (Lipinski definition) is 1. The van der Waals surface area contributed by atoms with Crippen LogP contribution in [0.5, 0.6) is 11.5 Å². The summed E-state index contributed by atoms with van der Waals surface area (Å²) in [5.74, 6) is 0.111. The number of hydrogen-bond acceptors (Lipinski definition) is 5. The van der Waals surface area contributed by atoms with Crippen LogP contribution in [0.1, 0.15) is 12.5 Å². The molecule has 138 valence electrons. The Bertz CT molecular complexity index is 793. The monoisotopic (exact) mass is 377 g/mol. The lowest BCUT2D eigenvalue weighted by atomic mass is 10.1. The number of para-hydroxylation sites is 1. The maximum atomic E-state index is 12.2. The number of benzene rings is 2. The topological polar surface area (TPSA) is 73.9 Å². The van der Waals surface area contributed by atoms with Gasteiger partial charge in [-0.15, -0.1) is 0 Å². The van der Waals surface area contributed by atoms with Gasteiger partial charge in [0.15, 0.2) is 6.10 Å². The molecule has 0 unspecified atom stereocenters. The molecule has 26 heavy (non-hydrogen) atoms. The highest BCUT2D eigenvalue weighted by Gasteiger charge is 2.19. The van der Waals surface area contributed by atoms with Gasteiger partial charge in [0.05, 0.1) is 25.7 Å². The molecule has 0 radical (unpaired) electrons. The van der Waals surface area contributed by atoms with Gasteiger partial charge in [-0.25, -0.2) is 0 Å². The first-order chi connectivity index (χ1) is 12.4. The minimum absolute atomic E-state index is 0.00992. The van der Waals surface area contributed by atoms with Crippen LogP contribution in [0.3, 0.4) is 0 Å². The van der Waals surface area contributed by atoms with Crippen LogP contribution < -0.4 is 14.8 Å². The van der Waals surface area contributed by atoms with Gasteiger partial charge in [0, 0.05) is 11.3 Å². The molecule has 2 rings (SSSR count). The van der Waals surface area contributed by atoms with Crippen molar-refractivity contribution in [2.24, 2.45) is 0 Å². The fourth-order valence-corrected chi connectivity index (χ4v) is 2.54. The number of rotatable bonds is 7. The summed E-state index contributed by atoms with van der Waals surface area (Å²) in [7, 11) is 3.03. The predicted octanol–water partition coefficient (Wildman–Crippen LogP) is 3.47. The summed E-state index contributed by atoms with van der Waals surface area (Å²) >= 11 is 6.02. The van der Waals surface area contributed by atoms with Gasteiger partial charge in [0.2, 0.25) is 0 Å². The van der Waals surface area contributed by atoms with Crippen LogP contribution >= 0.6 is 11.6 Å². The van der Waals surface area contributed by atoms with E-state index >= 15 is 0 Å². The molecule has 2 aromatic rings. The zero-order valence-electron chi connectivity index (χ0n) is 14.7. The summed E-state index contributed by atoms with van der Waals surface area (Å²) < 4.78 is 15.5. The number of carbonyl (C=O) groups is 2. The molecule has 0 aliphatic rings. The Kier molecular flexibility index (Phi) is 6.86. The third kappa shape index (κ3) is 5.13. The molecule has 0 aliphatic heterocycles. The number of esters is 1. The van der Waals surface area contributed by atoms with Crippen LogP contribution in [0.2, 0.25) is 5.02 Å². The van der Waals surface area contributed by atoms with Crippen LogP contribution in [0.25, 0.3) is 0 Å². The van der Waals surface area contributed by atoms with E-state index < -0.39 is 18.0 Å². The average Bonchev–Trinajstić information content (AvgIpc) is 2.62. The number of methoxy groups -OCH3 is 2. The Morgan fingerprint density at radius 2 is 1.77 bits per heavy atom. The molecule has 1 atom stereocenters. The smallest absolute Gasteiger partial charge is 0.311 e. The summed E-state index contributed by atoms with van der Waals surface area (Å²) in [5.41, 5.74) is 1.17. The Labute approximate surface area is 157 Å². The summed E-state index contributed by atoms with van der Waals surface area (Å²) in [6.45, 7) is 1.50. The van der Waals surface area contributed by atoms with E-state index in [1.165, 1.54) is 21.1 Å². The fraction of sp³-hybridized carbons (Fsp3) is 0.263. The third-order valence-electron chi connectivity index (χ3n) is 3.62. The quantitative estimate of drug-likeness (QED) is 0.748. The van der Waals surface area contributed by atoms with Crippen molar-refractivity contribution in [2.45, 2.75) is 19.4 Å². The van der Waals surface area contributed by atoms with E-state index in [0.29, 0.717) is 27.8 Å². The molecule has 0 fully saturated rings. The molecule has 0 heterocycles. The van der Waals surface area contributed by atoms with E-state index in [4.69, 9.17) is 25.8 Å². The van der Waals surface area contributed by atoms with Crippen molar-refractivity contribution >= 4 is 29.2 Å². The lowest BCUT2D eigenvalue weighted by Crippen LogP contribution is -2.30. The van der Waals surface area contributed by atoms with E-state index in [2.05, 4.69) is 5.32 Å². The average molecular weight is 378 g/mol. The second kappa shape index (κ2) is 9.10. The molecule has 0 saturated heterocycles. The SMILES string of the molecule is COc1ccc(NC(=O)[C@H](C)OC(=O)Cc2ccccc2OC)cc1Cl. The second-order valence-corrected chi connectivity index (χ2v) is 5.87. The highest BCUT2D eigenvalue weighted by Crippen LogP contribution is 2.27. The van der Waals surface area contributed by atoms with Crippen LogP contribution in [-0.4, -0.2) is 32.2 Å². The lowest BCUT2D eigenvalue weighted by molar-refractivity contribution is -0.152. The van der Waals surface area contributed by atoms with Crippen molar-refractivity contribution in [3.63, 3.8) is 0 Å². The van der Waals surface area contributed by atoms with Crippen molar-refractivity contribution in [1.29, 1.82) is 0 Å². The molecule has 6 nitrogen and oxygen atoms in total. The molecule has 7 heteroatoms. The molecule has 1 N–H and O–H groups in total. The summed E-state index contributed by atoms with van der Waals surface area (Å²) in [5, 5.41) is 3.01. The van der Waals surface area contributed by atoms with Gasteiger partial charge in [-0.1, -0.05) is 29.8 Å². The Balaban J connectivity index is 1.94. The van der Waals surface area contributed by atoms with E-state index in [-0.39, 0.29) is 6.42 Å². The number of amides is 1. The molecular formula is C19H20ClNO5. The van der Waals surface area contributed by atoms with Crippen molar-refractivity contribution in [2.75, 3.05) is 19.5 Å². The summed E-state index contributed by atoms with van der Waals surface area (Å²) in [6.07, 6.45) is -0.950. The number of nitrogens with one attached hydrogen (secondary N) is 1. The normalized spacial score (nSPS) is 11.4. The van der Waals surface area contributed by atoms with Gasteiger partial charge in [-0.3, -0.25) is 9.59 Å². The fourth-order valence-electron chi connectivity index (χ4n) is 2.28. The van der Waals surface area contributed by atoms with Crippen LogP contribution in [0.4, 0.5) is 5.69 Å². The molecule has 2 aromatic carbocycles. The lowest BCUT2D eigenvalue weighted by Gasteiger charge is -2.15. The number of ether oxygens (including phenoxy) is 3. The third-order valence-corrected chi connectivity index (χ3v) is 3.92. The van der Waals surface area contributed by atoms with Gasteiger partial charge in [0.1, 0.15) is 11.5 Å². The Hall–Kier alpha value is -2.73. The number of anilines is 1. The molecule has 0 spiro atoms. The molecule has 0 aromatic heterocycles. The Morgan fingerprint density at radius 1 is 1.08 bits per heavy atom. The highest BCUT2D eigenvalue weighted by molar-refractivity contribution is 6.32. The largest absolute Gasteiger partial charge is 0.496 e. The summed E-state index contributed by atoms with van der Waals surface area (Å²) in [4.78, 5) is 24.3. The second-order valence-electron chi connectivity index (χ2n) is 5.46. The van der Waals surface area contributed by atoms with Gasteiger partial charge in [0.25, 0.3) is 5.91 Å². The molecular weight excluding hydrogens is 358 g/mol. The van der Waals surface area contributed by atoms with Crippen LogP contribution in [-0.2, 0) is 20.7 Å². The Morgan fingerprint density at radius 3 is 2.42 bits per heavy atom. The van der Waals surface area contributed by atoms with Crippen molar-refractivity contribution < 1.29 is 23.8 Å². The van der Waals surface area contributed by atoms with E-state index in [1.54, 1.807) is 36.4 Å². The van der Waals surface area contributed by atoms with Crippen molar-refractivity contribution in [3.8, 4) is 11.5 Å². The predicted molar refractivity (Wildman–Crippen MR) is 98.9 cm³/mol. The minimum Gasteiger partial charge on any atom is -0.496 e. The zero-order valence-corrected chi connectivity index (χ0v) is 15.5. The standard InChI is InChI=1S/C19H20ClNO5/c1-12(19(23)21-14-8-9-17(25-3)15(20)11-14)26-18(22)10-13-6-4-5-7-16(13)24-2/h4-9,11-12H,10H2,1-3H3,(H,21,23)/t12-/m0/s1. The van der Waals surface area contributed by atoms with Crippen LogP contribution in [0, 0.1) is 0 Å². The van der Waals surface area contributed by atoms with E-state index in [1.807, 2.05) is 6.07 Å². The van der Waals surface area contributed by atoms with E-state index in [9.17, 15) is 9.59 Å². The van der Waals surface area contributed by atoms with Crippen molar-refractivity contribution in [3.05, 3.63) is 53.1 Å². The van der Waals surface area contributed by atoms with E-state index in [0.717, 1.165) is 0 Å². The molecule has 0 aliphatic carbocycles. The first kappa shape index (κ1) is 19.6. The first-order valence-corrected chi connectivity index (χ1v) is 8.28. The maximum absolute atomic E-state index is 12.2. The van der Waals surface area contributed by atoms with Gasteiger partial charge in [-0.05, 0) is 31.2 Å². The van der Waals surface area contributed by atoms with Gasteiger partial charge in [-0.2, -0.15) is 0 Å². The number of halogens is 1. The summed E-state index contributed by atoms with van der Waals surface area (Å²) in [6, 6.07) is 12.0. The van der Waals surface area contributed by atoms with Crippen molar-refractivity contribution in [1.82, 2.24) is 0 Å².